The van der Waals surface area contributed by atoms with Crippen molar-refractivity contribution < 1.29 is 19.1 Å². The lowest BCUT2D eigenvalue weighted by molar-refractivity contribution is -0.171. The molecule has 1 fully saturated rings. The molecule has 1 aliphatic rings. The maximum absolute atomic E-state index is 13.6. The van der Waals surface area contributed by atoms with Crippen LogP contribution in [0, 0.1) is 19.8 Å². The summed E-state index contributed by atoms with van der Waals surface area (Å²) < 4.78 is 12.2. The van der Waals surface area contributed by atoms with E-state index in [9.17, 15) is 9.59 Å². The highest BCUT2D eigenvalue weighted by Crippen LogP contribution is 2.44. The van der Waals surface area contributed by atoms with Crippen LogP contribution in [0.4, 0.5) is 5.69 Å². The molecule has 1 atom stereocenters. The van der Waals surface area contributed by atoms with E-state index in [0.717, 1.165) is 65.3 Å². The van der Waals surface area contributed by atoms with Gasteiger partial charge in [0.1, 0.15) is 0 Å². The molecule has 4 rings (SSSR count). The summed E-state index contributed by atoms with van der Waals surface area (Å²) in [6, 6.07) is 17.5. The molecule has 0 spiro atoms. The maximum atomic E-state index is 13.6. The maximum Gasteiger partial charge on any atom is 0.340 e. The zero-order chi connectivity index (χ0) is 31.3. The molecule has 0 bridgehead atoms. The molecular weight excluding hydrogens is 538 g/mol. The van der Waals surface area contributed by atoms with Crippen LogP contribution in [0.2, 0.25) is 0 Å². The predicted octanol–water partition coefficient (Wildman–Crippen LogP) is 7.34. The third-order valence-corrected chi connectivity index (χ3v) is 7.71. The number of aryl methyl sites for hydroxylation is 2. The van der Waals surface area contributed by atoms with Crippen molar-refractivity contribution in [3.05, 3.63) is 82.7 Å². The quantitative estimate of drug-likeness (QED) is 0.265. The number of benzene rings is 2. The van der Waals surface area contributed by atoms with Gasteiger partial charge in [-0.1, -0.05) is 49.4 Å². The first kappa shape index (κ1) is 32.2. The summed E-state index contributed by atoms with van der Waals surface area (Å²) in [5.74, 6) is 0.0882. The average molecular weight is 586 g/mol. The van der Waals surface area contributed by atoms with Gasteiger partial charge in [0, 0.05) is 47.7 Å². The minimum Gasteiger partial charge on any atom is -0.461 e. The Bertz CT molecular complexity index is 1400. The van der Waals surface area contributed by atoms with Crippen molar-refractivity contribution >= 4 is 17.6 Å². The number of aromatic nitrogens is 1. The summed E-state index contributed by atoms with van der Waals surface area (Å²) in [5.41, 5.74) is 6.25. The van der Waals surface area contributed by atoms with Gasteiger partial charge in [-0.2, -0.15) is 0 Å². The van der Waals surface area contributed by atoms with Crippen molar-refractivity contribution in [1.29, 1.82) is 0 Å². The number of piperidine rings is 1. The van der Waals surface area contributed by atoms with Crippen LogP contribution in [0.15, 0.2) is 54.6 Å². The van der Waals surface area contributed by atoms with Crippen LogP contribution in [0.1, 0.15) is 93.4 Å². The average Bonchev–Trinajstić information content (AvgIpc) is 2.95. The van der Waals surface area contributed by atoms with Gasteiger partial charge >= 0.3 is 5.97 Å². The second-order valence-corrected chi connectivity index (χ2v) is 12.9. The lowest BCUT2D eigenvalue weighted by Crippen LogP contribution is -2.37. The number of hydrogen-bond donors (Lipinski definition) is 1. The van der Waals surface area contributed by atoms with Crippen molar-refractivity contribution in [2.75, 3.05) is 18.0 Å². The molecule has 1 N–H and O–H groups in total. The standard InChI is InChI=1S/C36H47N3O4/c1-23(2)42-35(41)33(43-36(6,7)8)31-26(5)38-25(4)30(32(31)39-20-18-24(3)19-21-39)28-14-16-29(17-15-28)34(40)37-22-27-12-10-9-11-13-27/h9-17,23-24,33H,18-22H2,1-8H3,(H,37,40). The van der Waals surface area contributed by atoms with Crippen LogP contribution < -0.4 is 10.2 Å². The molecule has 0 radical (unpaired) electrons. The second-order valence-electron chi connectivity index (χ2n) is 12.9. The van der Waals surface area contributed by atoms with Gasteiger partial charge in [-0.25, -0.2) is 4.79 Å². The summed E-state index contributed by atoms with van der Waals surface area (Å²) in [4.78, 5) is 34.0. The fourth-order valence-electron chi connectivity index (χ4n) is 5.61. The molecule has 3 aromatic rings. The summed E-state index contributed by atoms with van der Waals surface area (Å²) >= 11 is 0. The molecule has 1 amide bonds. The Morgan fingerprint density at radius 3 is 2.19 bits per heavy atom. The van der Waals surface area contributed by atoms with Crippen LogP contribution in [0.5, 0.6) is 0 Å². The topological polar surface area (TPSA) is 80.8 Å². The van der Waals surface area contributed by atoms with E-state index in [1.807, 2.05) is 103 Å². The second kappa shape index (κ2) is 13.7. The third kappa shape index (κ3) is 8.23. The van der Waals surface area contributed by atoms with Crippen LogP contribution in [0.25, 0.3) is 11.1 Å². The number of pyridine rings is 1. The Morgan fingerprint density at radius 1 is 0.977 bits per heavy atom. The van der Waals surface area contributed by atoms with Crippen molar-refractivity contribution in [3.8, 4) is 11.1 Å². The molecule has 230 valence electrons. The smallest absolute Gasteiger partial charge is 0.340 e. The molecule has 0 aliphatic carbocycles. The van der Waals surface area contributed by atoms with Gasteiger partial charge in [-0.05, 0) is 90.5 Å². The highest BCUT2D eigenvalue weighted by Gasteiger charge is 2.36. The number of nitrogens with zero attached hydrogens (tertiary/aromatic N) is 2. The first-order chi connectivity index (χ1) is 20.3. The summed E-state index contributed by atoms with van der Waals surface area (Å²) in [5, 5.41) is 3.01. The van der Waals surface area contributed by atoms with E-state index in [0.29, 0.717) is 18.0 Å². The number of nitrogens with one attached hydrogen (secondary N) is 1. The molecule has 7 heteroatoms. The van der Waals surface area contributed by atoms with Gasteiger partial charge in [0.25, 0.3) is 5.91 Å². The molecule has 1 unspecified atom stereocenters. The molecule has 1 aromatic heterocycles. The van der Waals surface area contributed by atoms with E-state index in [2.05, 4.69) is 17.1 Å². The van der Waals surface area contributed by atoms with Crippen molar-refractivity contribution in [1.82, 2.24) is 10.3 Å². The van der Waals surface area contributed by atoms with E-state index < -0.39 is 17.7 Å². The largest absolute Gasteiger partial charge is 0.461 e. The van der Waals surface area contributed by atoms with Crippen LogP contribution >= 0.6 is 0 Å². The van der Waals surface area contributed by atoms with Crippen LogP contribution in [-0.2, 0) is 20.8 Å². The number of amides is 1. The molecule has 1 saturated heterocycles. The third-order valence-electron chi connectivity index (χ3n) is 7.71. The van der Waals surface area contributed by atoms with Crippen molar-refractivity contribution in [2.24, 2.45) is 5.92 Å². The Labute approximate surface area is 257 Å². The Kier molecular flexibility index (Phi) is 10.3. The fraction of sp³-hybridized carbons (Fsp3) is 0.472. The zero-order valence-corrected chi connectivity index (χ0v) is 27.0. The number of rotatable bonds is 9. The zero-order valence-electron chi connectivity index (χ0n) is 27.0. The highest BCUT2D eigenvalue weighted by atomic mass is 16.6. The lowest BCUT2D eigenvalue weighted by atomic mass is 9.91. The van der Waals surface area contributed by atoms with E-state index in [1.165, 1.54) is 0 Å². The monoisotopic (exact) mass is 585 g/mol. The fourth-order valence-corrected chi connectivity index (χ4v) is 5.61. The molecule has 1 aliphatic heterocycles. The van der Waals surface area contributed by atoms with E-state index in [1.54, 1.807) is 0 Å². The van der Waals surface area contributed by atoms with Gasteiger partial charge in [-0.15, -0.1) is 0 Å². The number of esters is 1. The van der Waals surface area contributed by atoms with Crippen molar-refractivity contribution in [2.45, 2.75) is 92.6 Å². The molecular formula is C36H47N3O4. The SMILES string of the molecule is Cc1nc(C)c(C(OC(C)(C)C)C(=O)OC(C)C)c(N2CCC(C)CC2)c1-c1ccc(C(=O)NCc2ccccc2)cc1. The molecule has 0 saturated carbocycles. The van der Waals surface area contributed by atoms with Crippen LogP contribution in [0.3, 0.4) is 0 Å². The van der Waals surface area contributed by atoms with Crippen LogP contribution in [-0.4, -0.2) is 41.7 Å². The molecule has 43 heavy (non-hydrogen) atoms. The minimum absolute atomic E-state index is 0.129. The van der Waals surface area contributed by atoms with Gasteiger partial charge in [-0.3, -0.25) is 9.78 Å². The summed E-state index contributed by atoms with van der Waals surface area (Å²) in [7, 11) is 0. The van der Waals surface area contributed by atoms with Crippen molar-refractivity contribution in [3.63, 3.8) is 0 Å². The molecule has 2 heterocycles. The lowest BCUT2D eigenvalue weighted by Gasteiger charge is -2.38. The molecule has 7 nitrogen and oxygen atoms in total. The number of carbonyl (C=O) groups excluding carboxylic acids is 2. The van der Waals surface area contributed by atoms with Gasteiger partial charge in [0.05, 0.1) is 17.4 Å². The number of ether oxygens (including phenoxy) is 2. The van der Waals surface area contributed by atoms with E-state index in [-0.39, 0.29) is 12.0 Å². The Balaban J connectivity index is 1.79. The minimum atomic E-state index is -0.938. The van der Waals surface area contributed by atoms with Gasteiger partial charge in [0.15, 0.2) is 6.10 Å². The summed E-state index contributed by atoms with van der Waals surface area (Å²) in [6.45, 7) is 18.0. The first-order valence-corrected chi connectivity index (χ1v) is 15.4. The Morgan fingerprint density at radius 2 is 1.60 bits per heavy atom. The Hall–Kier alpha value is -3.71. The molecule has 2 aromatic carbocycles. The summed E-state index contributed by atoms with van der Waals surface area (Å²) in [6.07, 6.45) is 0.894. The number of anilines is 1. The normalized spacial score (nSPS) is 15.0. The number of hydrogen-bond acceptors (Lipinski definition) is 6. The van der Waals surface area contributed by atoms with Gasteiger partial charge in [0.2, 0.25) is 0 Å². The van der Waals surface area contributed by atoms with Gasteiger partial charge < -0.3 is 19.7 Å². The van der Waals surface area contributed by atoms with E-state index in [4.69, 9.17) is 14.5 Å². The highest BCUT2D eigenvalue weighted by molar-refractivity contribution is 5.95. The first-order valence-electron chi connectivity index (χ1n) is 15.4. The predicted molar refractivity (Wildman–Crippen MR) is 172 cm³/mol. The number of carbonyl (C=O) groups is 2. The van der Waals surface area contributed by atoms with E-state index >= 15 is 0 Å².